The number of hydrogen-bond acceptors (Lipinski definition) is 4. The maximum absolute atomic E-state index is 13.3. The van der Waals surface area contributed by atoms with Crippen LogP contribution >= 0.6 is 0 Å². The predicted molar refractivity (Wildman–Crippen MR) is 132 cm³/mol. The first-order valence-electron chi connectivity index (χ1n) is 11.3. The summed E-state index contributed by atoms with van der Waals surface area (Å²) in [6.45, 7) is 0. The van der Waals surface area contributed by atoms with E-state index in [9.17, 15) is 13.2 Å². The molecule has 4 nitrogen and oxygen atoms in total. The standard InChI is InChI=1S/C29H22F3NO3/c30-29(31,32)22-8-5-9-25(19-22)35-28(16-14-23(33)15-17-28)36-27-11-4-3-10-26(27)34-24-13-12-20-6-1-2-7-21(20)18-24/h1-16,18-19H,17,33H2. The number of fused-ring (bicyclic) bond motifs is 1. The van der Waals surface area contributed by atoms with E-state index in [2.05, 4.69) is 0 Å². The summed E-state index contributed by atoms with van der Waals surface area (Å²) in [4.78, 5) is 0. The minimum atomic E-state index is -4.50. The molecule has 1 aliphatic rings. The van der Waals surface area contributed by atoms with Gasteiger partial charge in [0, 0.05) is 18.2 Å². The highest BCUT2D eigenvalue weighted by Gasteiger charge is 2.36. The van der Waals surface area contributed by atoms with Crippen LogP contribution in [0.15, 0.2) is 115 Å². The molecular formula is C29H22F3NO3. The third kappa shape index (κ3) is 5.15. The lowest BCUT2D eigenvalue weighted by molar-refractivity contribution is -0.138. The average molecular weight is 489 g/mol. The number of nitrogens with two attached hydrogens (primary N) is 1. The zero-order valence-electron chi connectivity index (χ0n) is 19.0. The molecule has 0 radical (unpaired) electrons. The van der Waals surface area contributed by atoms with Gasteiger partial charge in [0.05, 0.1) is 5.56 Å². The SMILES string of the molecule is NC1=CCC(Oc2cccc(C(F)(F)F)c2)(Oc2ccccc2Oc2ccc3ccccc3c2)C=C1. The zero-order valence-corrected chi connectivity index (χ0v) is 19.0. The predicted octanol–water partition coefficient (Wildman–Crippen LogP) is 7.61. The van der Waals surface area contributed by atoms with E-state index >= 15 is 0 Å². The van der Waals surface area contributed by atoms with Crippen molar-refractivity contribution in [2.24, 2.45) is 5.73 Å². The number of para-hydroxylation sites is 2. The molecule has 7 heteroatoms. The van der Waals surface area contributed by atoms with Gasteiger partial charge in [-0.2, -0.15) is 13.2 Å². The lowest BCUT2D eigenvalue weighted by Crippen LogP contribution is -2.41. The minimum Gasteiger partial charge on any atom is -0.453 e. The van der Waals surface area contributed by atoms with Crippen molar-refractivity contribution in [1.82, 2.24) is 0 Å². The van der Waals surface area contributed by atoms with Crippen LogP contribution in [-0.4, -0.2) is 5.79 Å². The Labute approximate surface area is 206 Å². The third-order valence-electron chi connectivity index (χ3n) is 5.68. The first kappa shape index (κ1) is 23.4. The second-order valence-corrected chi connectivity index (χ2v) is 8.34. The summed E-state index contributed by atoms with van der Waals surface area (Å²) in [5.74, 6) is -0.0280. The lowest BCUT2D eigenvalue weighted by atomic mass is 10.1. The molecule has 0 aliphatic heterocycles. The van der Waals surface area contributed by atoms with Crippen molar-refractivity contribution in [3.63, 3.8) is 0 Å². The Morgan fingerprint density at radius 1 is 0.722 bits per heavy atom. The number of rotatable bonds is 6. The van der Waals surface area contributed by atoms with Crippen LogP contribution in [0.2, 0.25) is 0 Å². The van der Waals surface area contributed by atoms with Gasteiger partial charge in [-0.1, -0.05) is 54.6 Å². The molecule has 4 aromatic carbocycles. The van der Waals surface area contributed by atoms with Gasteiger partial charge in [0.25, 0.3) is 5.79 Å². The first-order chi connectivity index (χ1) is 17.3. The summed E-state index contributed by atoms with van der Waals surface area (Å²) in [6, 6.07) is 25.4. The van der Waals surface area contributed by atoms with E-state index in [0.717, 1.165) is 22.9 Å². The number of alkyl halides is 3. The van der Waals surface area contributed by atoms with Gasteiger partial charge in [0.15, 0.2) is 11.5 Å². The molecule has 1 aliphatic carbocycles. The Hall–Kier alpha value is -4.39. The molecule has 36 heavy (non-hydrogen) atoms. The van der Waals surface area contributed by atoms with Gasteiger partial charge in [0.1, 0.15) is 11.5 Å². The second-order valence-electron chi connectivity index (χ2n) is 8.34. The highest BCUT2D eigenvalue weighted by Crippen LogP contribution is 2.39. The Balaban J connectivity index is 1.45. The molecule has 0 bridgehead atoms. The topological polar surface area (TPSA) is 53.7 Å². The number of hydrogen-bond donors (Lipinski definition) is 1. The Kier molecular flexibility index (Phi) is 6.06. The third-order valence-corrected chi connectivity index (χ3v) is 5.68. The number of benzene rings is 4. The van der Waals surface area contributed by atoms with Crippen molar-refractivity contribution in [3.05, 3.63) is 120 Å². The molecule has 0 spiro atoms. The summed E-state index contributed by atoms with van der Waals surface area (Å²) < 4.78 is 58.2. The average Bonchev–Trinajstić information content (AvgIpc) is 2.87. The molecule has 2 N–H and O–H groups in total. The van der Waals surface area contributed by atoms with Crippen molar-refractivity contribution in [1.29, 1.82) is 0 Å². The number of halogens is 3. The molecular weight excluding hydrogens is 467 g/mol. The maximum atomic E-state index is 13.3. The fourth-order valence-corrected chi connectivity index (χ4v) is 3.89. The molecule has 4 aromatic rings. The first-order valence-corrected chi connectivity index (χ1v) is 11.3. The van der Waals surface area contributed by atoms with E-state index in [1.165, 1.54) is 12.1 Å². The van der Waals surface area contributed by atoms with Crippen molar-refractivity contribution in [3.8, 4) is 23.0 Å². The van der Waals surface area contributed by atoms with Gasteiger partial charge in [-0.25, -0.2) is 0 Å². The van der Waals surface area contributed by atoms with Crippen molar-refractivity contribution >= 4 is 10.8 Å². The van der Waals surface area contributed by atoms with Crippen molar-refractivity contribution < 1.29 is 27.4 Å². The summed E-state index contributed by atoms with van der Waals surface area (Å²) in [5.41, 5.74) is 5.58. The lowest BCUT2D eigenvalue weighted by Gasteiger charge is -2.33. The Morgan fingerprint density at radius 3 is 2.22 bits per heavy atom. The van der Waals surface area contributed by atoms with E-state index in [1.54, 1.807) is 42.5 Å². The van der Waals surface area contributed by atoms with E-state index < -0.39 is 17.5 Å². The van der Waals surface area contributed by atoms with Crippen molar-refractivity contribution in [2.75, 3.05) is 0 Å². The quantitative estimate of drug-likeness (QED) is 0.283. The van der Waals surface area contributed by atoms with Crippen LogP contribution in [0.1, 0.15) is 12.0 Å². The molecule has 0 amide bonds. The highest BCUT2D eigenvalue weighted by molar-refractivity contribution is 5.83. The fraction of sp³-hybridized carbons (Fsp3) is 0.103. The fourth-order valence-electron chi connectivity index (χ4n) is 3.89. The summed E-state index contributed by atoms with van der Waals surface area (Å²) in [6.07, 6.45) is 0.566. The highest BCUT2D eigenvalue weighted by atomic mass is 19.4. The Morgan fingerprint density at radius 2 is 1.47 bits per heavy atom. The maximum Gasteiger partial charge on any atom is 0.416 e. The molecule has 5 rings (SSSR count). The monoisotopic (exact) mass is 489 g/mol. The van der Waals surface area contributed by atoms with Gasteiger partial charge < -0.3 is 19.9 Å². The van der Waals surface area contributed by atoms with Crippen LogP contribution in [0.4, 0.5) is 13.2 Å². The minimum absolute atomic E-state index is 0.0104. The molecule has 1 atom stereocenters. The van der Waals surface area contributed by atoms with Crippen LogP contribution in [-0.2, 0) is 6.18 Å². The zero-order chi connectivity index (χ0) is 25.2. The summed E-state index contributed by atoms with van der Waals surface area (Å²) >= 11 is 0. The van der Waals surface area contributed by atoms with Crippen LogP contribution in [0.3, 0.4) is 0 Å². The van der Waals surface area contributed by atoms with E-state index in [0.29, 0.717) is 22.9 Å². The van der Waals surface area contributed by atoms with Gasteiger partial charge >= 0.3 is 6.18 Å². The van der Waals surface area contributed by atoms with Gasteiger partial charge in [-0.15, -0.1) is 0 Å². The molecule has 1 unspecified atom stereocenters. The molecule has 0 heterocycles. The van der Waals surface area contributed by atoms with E-state index in [-0.39, 0.29) is 12.2 Å². The van der Waals surface area contributed by atoms with Crippen LogP contribution < -0.4 is 19.9 Å². The number of allylic oxidation sites excluding steroid dienone is 1. The molecule has 182 valence electrons. The molecule has 0 saturated heterocycles. The molecule has 0 saturated carbocycles. The summed E-state index contributed by atoms with van der Waals surface area (Å²) in [5, 5.41) is 2.10. The largest absolute Gasteiger partial charge is 0.453 e. The van der Waals surface area contributed by atoms with Gasteiger partial charge in [-0.05, 0) is 59.3 Å². The van der Waals surface area contributed by atoms with Gasteiger partial charge in [-0.3, -0.25) is 0 Å². The number of ether oxygens (including phenoxy) is 3. The Bertz CT molecular complexity index is 1460. The van der Waals surface area contributed by atoms with Gasteiger partial charge in [0.2, 0.25) is 0 Å². The second kappa shape index (κ2) is 9.34. The van der Waals surface area contributed by atoms with Crippen molar-refractivity contribution in [2.45, 2.75) is 18.4 Å². The van der Waals surface area contributed by atoms with Crippen LogP contribution in [0.5, 0.6) is 23.0 Å². The normalized spacial score (nSPS) is 17.5. The van der Waals surface area contributed by atoms with E-state index in [4.69, 9.17) is 19.9 Å². The van der Waals surface area contributed by atoms with E-state index in [1.807, 2.05) is 42.5 Å². The summed E-state index contributed by atoms with van der Waals surface area (Å²) in [7, 11) is 0. The molecule has 0 aromatic heterocycles. The smallest absolute Gasteiger partial charge is 0.416 e. The molecule has 0 fully saturated rings. The van der Waals surface area contributed by atoms with Crippen LogP contribution in [0, 0.1) is 0 Å². The van der Waals surface area contributed by atoms with Crippen LogP contribution in [0.25, 0.3) is 10.8 Å².